The Morgan fingerprint density at radius 1 is 1.10 bits per heavy atom. The van der Waals surface area contributed by atoms with Gasteiger partial charge in [-0.1, -0.05) is 30.3 Å². The monoisotopic (exact) mass is 281 g/mol. The van der Waals surface area contributed by atoms with Crippen LogP contribution in [0.2, 0.25) is 0 Å². The van der Waals surface area contributed by atoms with E-state index >= 15 is 0 Å². The van der Waals surface area contributed by atoms with Gasteiger partial charge in [0.25, 0.3) is 0 Å². The topological polar surface area (TPSA) is 40.5 Å². The van der Waals surface area contributed by atoms with Crippen molar-refractivity contribution in [3.05, 3.63) is 59.7 Å². The lowest BCUT2D eigenvalue weighted by molar-refractivity contribution is -0.118. The van der Waals surface area contributed by atoms with E-state index in [9.17, 15) is 9.90 Å². The van der Waals surface area contributed by atoms with E-state index in [0.29, 0.717) is 6.42 Å². The molecule has 1 N–H and O–H groups in total. The second-order valence-electron chi connectivity index (χ2n) is 5.48. The number of fused-ring (bicyclic) bond motifs is 1. The van der Waals surface area contributed by atoms with E-state index in [0.717, 1.165) is 37.1 Å². The van der Waals surface area contributed by atoms with Gasteiger partial charge in [0.05, 0.1) is 6.42 Å². The maximum absolute atomic E-state index is 12.6. The van der Waals surface area contributed by atoms with Crippen molar-refractivity contribution in [1.29, 1.82) is 0 Å². The standard InChI is InChI=1S/C18H19NO2/c20-16-9-5-6-14(12-16)13-18(21)19-11-4-3-8-15-7-1-2-10-17(15)19/h1-2,5-7,9-10,12,20H,3-4,8,11,13H2. The highest BCUT2D eigenvalue weighted by atomic mass is 16.3. The van der Waals surface area contributed by atoms with Crippen molar-refractivity contribution in [3.63, 3.8) is 0 Å². The van der Waals surface area contributed by atoms with Crippen LogP contribution in [0.1, 0.15) is 24.0 Å². The van der Waals surface area contributed by atoms with Crippen LogP contribution in [0.4, 0.5) is 5.69 Å². The smallest absolute Gasteiger partial charge is 0.231 e. The fraction of sp³-hybridized carbons (Fsp3) is 0.278. The Morgan fingerprint density at radius 3 is 2.81 bits per heavy atom. The minimum Gasteiger partial charge on any atom is -0.508 e. The lowest BCUT2D eigenvalue weighted by Crippen LogP contribution is -2.33. The minimum atomic E-state index is 0.0925. The fourth-order valence-corrected chi connectivity index (χ4v) is 2.89. The highest BCUT2D eigenvalue weighted by Crippen LogP contribution is 2.26. The number of carbonyl (C=O) groups excluding carboxylic acids is 1. The summed E-state index contributed by atoms with van der Waals surface area (Å²) in [4.78, 5) is 14.5. The van der Waals surface area contributed by atoms with Crippen molar-refractivity contribution in [2.45, 2.75) is 25.7 Å². The second-order valence-corrected chi connectivity index (χ2v) is 5.48. The molecule has 0 aliphatic carbocycles. The summed E-state index contributed by atoms with van der Waals surface area (Å²) in [5.74, 6) is 0.298. The molecule has 2 aromatic carbocycles. The third-order valence-corrected chi connectivity index (χ3v) is 3.93. The van der Waals surface area contributed by atoms with Gasteiger partial charge in [0.1, 0.15) is 5.75 Å². The predicted molar refractivity (Wildman–Crippen MR) is 83.5 cm³/mol. The van der Waals surface area contributed by atoms with E-state index in [4.69, 9.17) is 0 Å². The largest absolute Gasteiger partial charge is 0.508 e. The van der Waals surface area contributed by atoms with Gasteiger partial charge in [0.15, 0.2) is 0 Å². The van der Waals surface area contributed by atoms with Gasteiger partial charge in [-0.05, 0) is 48.6 Å². The fourth-order valence-electron chi connectivity index (χ4n) is 2.89. The Labute approximate surface area is 124 Å². The van der Waals surface area contributed by atoms with Crippen molar-refractivity contribution >= 4 is 11.6 Å². The van der Waals surface area contributed by atoms with Crippen molar-refractivity contribution in [1.82, 2.24) is 0 Å². The average Bonchev–Trinajstić information content (AvgIpc) is 2.69. The summed E-state index contributed by atoms with van der Waals surface area (Å²) >= 11 is 0. The van der Waals surface area contributed by atoms with Crippen LogP contribution < -0.4 is 4.90 Å². The molecule has 0 bridgehead atoms. The summed E-state index contributed by atoms with van der Waals surface area (Å²) in [5.41, 5.74) is 3.14. The molecule has 21 heavy (non-hydrogen) atoms. The van der Waals surface area contributed by atoms with E-state index in [2.05, 4.69) is 6.07 Å². The number of phenols is 1. The number of benzene rings is 2. The third kappa shape index (κ3) is 3.07. The molecule has 0 radical (unpaired) electrons. The number of hydrogen-bond acceptors (Lipinski definition) is 2. The van der Waals surface area contributed by atoms with E-state index in [1.807, 2.05) is 29.2 Å². The van der Waals surface area contributed by atoms with Crippen LogP contribution in [-0.2, 0) is 17.6 Å². The predicted octanol–water partition coefficient (Wildman–Crippen LogP) is 3.30. The van der Waals surface area contributed by atoms with Gasteiger partial charge in [0.2, 0.25) is 5.91 Å². The Kier molecular flexibility index (Phi) is 3.91. The Bertz CT molecular complexity index is 651. The van der Waals surface area contributed by atoms with E-state index < -0.39 is 0 Å². The van der Waals surface area contributed by atoms with Crippen LogP contribution >= 0.6 is 0 Å². The molecule has 0 aromatic heterocycles. The molecule has 3 heteroatoms. The highest BCUT2D eigenvalue weighted by molar-refractivity contribution is 5.95. The zero-order valence-corrected chi connectivity index (χ0v) is 12.0. The number of para-hydroxylation sites is 1. The van der Waals surface area contributed by atoms with Gasteiger partial charge < -0.3 is 10.0 Å². The first-order chi connectivity index (χ1) is 10.2. The number of aryl methyl sites for hydroxylation is 1. The SMILES string of the molecule is O=C(Cc1cccc(O)c1)N1CCCCc2ccccc21. The van der Waals surface area contributed by atoms with Crippen molar-refractivity contribution in [2.75, 3.05) is 11.4 Å². The highest BCUT2D eigenvalue weighted by Gasteiger charge is 2.20. The van der Waals surface area contributed by atoms with Crippen LogP contribution in [0, 0.1) is 0 Å². The molecule has 1 aliphatic heterocycles. The van der Waals surface area contributed by atoms with E-state index in [1.165, 1.54) is 5.56 Å². The van der Waals surface area contributed by atoms with Crippen LogP contribution in [0.25, 0.3) is 0 Å². The summed E-state index contributed by atoms with van der Waals surface area (Å²) in [6.07, 6.45) is 3.50. The molecular weight excluding hydrogens is 262 g/mol. The summed E-state index contributed by atoms with van der Waals surface area (Å²) in [5, 5.41) is 9.51. The molecule has 0 unspecified atom stereocenters. The Morgan fingerprint density at radius 2 is 1.95 bits per heavy atom. The van der Waals surface area contributed by atoms with Crippen LogP contribution in [0.5, 0.6) is 5.75 Å². The first-order valence-corrected chi connectivity index (χ1v) is 7.40. The lowest BCUT2D eigenvalue weighted by atomic mass is 10.1. The maximum Gasteiger partial charge on any atom is 0.231 e. The van der Waals surface area contributed by atoms with Gasteiger partial charge >= 0.3 is 0 Å². The van der Waals surface area contributed by atoms with Gasteiger partial charge in [-0.2, -0.15) is 0 Å². The Balaban J connectivity index is 1.84. The molecule has 1 heterocycles. The average molecular weight is 281 g/mol. The third-order valence-electron chi connectivity index (χ3n) is 3.93. The first-order valence-electron chi connectivity index (χ1n) is 7.40. The molecule has 0 fully saturated rings. The quantitative estimate of drug-likeness (QED) is 0.917. The van der Waals surface area contributed by atoms with Gasteiger partial charge in [-0.25, -0.2) is 0 Å². The zero-order valence-electron chi connectivity index (χ0n) is 12.0. The van der Waals surface area contributed by atoms with Crippen molar-refractivity contribution in [3.8, 4) is 5.75 Å². The number of aromatic hydroxyl groups is 1. The Hall–Kier alpha value is -2.29. The summed E-state index contributed by atoms with van der Waals surface area (Å²) in [6, 6.07) is 15.1. The molecule has 0 atom stereocenters. The van der Waals surface area contributed by atoms with E-state index in [-0.39, 0.29) is 11.7 Å². The maximum atomic E-state index is 12.6. The molecule has 3 rings (SSSR count). The number of nitrogens with zero attached hydrogens (tertiary/aromatic N) is 1. The van der Waals surface area contributed by atoms with Crippen LogP contribution in [0.15, 0.2) is 48.5 Å². The molecule has 0 saturated carbocycles. The number of rotatable bonds is 2. The first kappa shape index (κ1) is 13.7. The number of amides is 1. The molecule has 0 spiro atoms. The van der Waals surface area contributed by atoms with Crippen LogP contribution in [0.3, 0.4) is 0 Å². The van der Waals surface area contributed by atoms with Gasteiger partial charge in [0, 0.05) is 12.2 Å². The number of carbonyl (C=O) groups is 1. The molecule has 1 amide bonds. The molecular formula is C18H19NO2. The van der Waals surface area contributed by atoms with Crippen molar-refractivity contribution < 1.29 is 9.90 Å². The normalized spacial score (nSPS) is 14.4. The van der Waals surface area contributed by atoms with E-state index in [1.54, 1.807) is 18.2 Å². The molecule has 2 aromatic rings. The van der Waals surface area contributed by atoms with Crippen molar-refractivity contribution in [2.24, 2.45) is 0 Å². The zero-order chi connectivity index (χ0) is 14.7. The van der Waals surface area contributed by atoms with Crippen LogP contribution in [-0.4, -0.2) is 17.6 Å². The number of phenolic OH excluding ortho intramolecular Hbond substituents is 1. The van der Waals surface area contributed by atoms with Gasteiger partial charge in [-0.15, -0.1) is 0 Å². The second kappa shape index (κ2) is 6.00. The summed E-state index contributed by atoms with van der Waals surface area (Å²) in [6.45, 7) is 0.772. The van der Waals surface area contributed by atoms with Gasteiger partial charge in [-0.3, -0.25) is 4.79 Å². The lowest BCUT2D eigenvalue weighted by Gasteiger charge is -2.23. The molecule has 3 nitrogen and oxygen atoms in total. The molecule has 1 aliphatic rings. The molecule has 0 saturated heterocycles. The summed E-state index contributed by atoms with van der Waals surface area (Å²) < 4.78 is 0. The molecule has 108 valence electrons. The number of hydrogen-bond donors (Lipinski definition) is 1. The number of anilines is 1. The minimum absolute atomic E-state index is 0.0925. The summed E-state index contributed by atoms with van der Waals surface area (Å²) in [7, 11) is 0.